The second-order valence-corrected chi connectivity index (χ2v) is 5.84. The highest BCUT2D eigenvalue weighted by atomic mass is 35.5. The van der Waals surface area contributed by atoms with Gasteiger partial charge in [-0.1, -0.05) is 29.8 Å². The number of benzene rings is 2. The van der Waals surface area contributed by atoms with E-state index in [4.69, 9.17) is 21.1 Å². The van der Waals surface area contributed by atoms with Gasteiger partial charge in [-0.05, 0) is 29.8 Å². The number of rotatable bonds is 8. The predicted octanol–water partition coefficient (Wildman–Crippen LogP) is 3.64. The first-order chi connectivity index (χ1) is 12.0. The van der Waals surface area contributed by atoms with Crippen LogP contribution < -0.4 is 14.8 Å². The standard InChI is InChI=1S/C19H20ClNO4/c1-24-17-8-6-13(10-18(17)25-2)12-21-19(23)9-7-16(22)14-4-3-5-15(20)11-14/h3-6,8,10-11H,7,9,12H2,1-2H3,(H,21,23). The summed E-state index contributed by atoms with van der Waals surface area (Å²) in [6.45, 7) is 0.352. The maximum absolute atomic E-state index is 12.1. The topological polar surface area (TPSA) is 64.6 Å². The summed E-state index contributed by atoms with van der Waals surface area (Å²) in [6.07, 6.45) is 0.261. The lowest BCUT2D eigenvalue weighted by molar-refractivity contribution is -0.121. The van der Waals surface area contributed by atoms with Gasteiger partial charge in [0.05, 0.1) is 14.2 Å². The number of Topliss-reactive ketones (excluding diaryl/α,β-unsaturated/α-hetero) is 1. The molecule has 0 heterocycles. The lowest BCUT2D eigenvalue weighted by atomic mass is 10.1. The van der Waals surface area contributed by atoms with Crippen molar-refractivity contribution >= 4 is 23.3 Å². The van der Waals surface area contributed by atoms with Gasteiger partial charge in [0.1, 0.15) is 0 Å². The van der Waals surface area contributed by atoms with E-state index < -0.39 is 0 Å². The summed E-state index contributed by atoms with van der Waals surface area (Å²) in [5.74, 6) is 0.934. The minimum absolute atomic E-state index is 0.108. The number of ketones is 1. The molecule has 0 saturated carbocycles. The Morgan fingerprint density at radius 3 is 2.44 bits per heavy atom. The SMILES string of the molecule is COc1ccc(CNC(=O)CCC(=O)c2cccc(Cl)c2)cc1OC. The van der Waals surface area contributed by atoms with Gasteiger partial charge in [0.15, 0.2) is 17.3 Å². The third-order valence-corrected chi connectivity index (χ3v) is 3.90. The number of amides is 1. The molecule has 2 aromatic rings. The third-order valence-electron chi connectivity index (χ3n) is 3.66. The van der Waals surface area contributed by atoms with Gasteiger partial charge in [0.2, 0.25) is 5.91 Å². The van der Waals surface area contributed by atoms with E-state index in [0.717, 1.165) is 5.56 Å². The van der Waals surface area contributed by atoms with E-state index >= 15 is 0 Å². The first kappa shape index (κ1) is 18.8. The molecule has 0 spiro atoms. The lowest BCUT2D eigenvalue weighted by Gasteiger charge is -2.10. The summed E-state index contributed by atoms with van der Waals surface area (Å²) in [4.78, 5) is 24.0. The van der Waals surface area contributed by atoms with Gasteiger partial charge in [-0.15, -0.1) is 0 Å². The summed E-state index contributed by atoms with van der Waals surface area (Å²) in [6, 6.07) is 12.1. The normalized spacial score (nSPS) is 10.2. The molecule has 0 aliphatic carbocycles. The van der Waals surface area contributed by atoms with Crippen molar-refractivity contribution in [3.8, 4) is 11.5 Å². The Hall–Kier alpha value is -2.53. The van der Waals surface area contributed by atoms with Crippen LogP contribution in [0, 0.1) is 0 Å². The molecule has 0 radical (unpaired) electrons. The molecule has 0 fully saturated rings. The van der Waals surface area contributed by atoms with Gasteiger partial charge in [0.25, 0.3) is 0 Å². The minimum Gasteiger partial charge on any atom is -0.493 e. The van der Waals surface area contributed by atoms with Gasteiger partial charge in [-0.3, -0.25) is 9.59 Å². The summed E-state index contributed by atoms with van der Waals surface area (Å²) in [7, 11) is 3.12. The zero-order chi connectivity index (χ0) is 18.2. The molecule has 5 nitrogen and oxygen atoms in total. The van der Waals surface area contributed by atoms with Crippen LogP contribution in [0.4, 0.5) is 0 Å². The molecule has 0 aliphatic heterocycles. The van der Waals surface area contributed by atoms with Crippen LogP contribution in [-0.4, -0.2) is 25.9 Å². The quantitative estimate of drug-likeness (QED) is 0.729. The number of halogens is 1. The highest BCUT2D eigenvalue weighted by molar-refractivity contribution is 6.31. The van der Waals surface area contributed by atoms with Crippen molar-refractivity contribution in [2.24, 2.45) is 0 Å². The van der Waals surface area contributed by atoms with Crippen molar-refractivity contribution in [1.29, 1.82) is 0 Å². The fraction of sp³-hybridized carbons (Fsp3) is 0.263. The summed E-state index contributed by atoms with van der Waals surface area (Å²) >= 11 is 5.86. The van der Waals surface area contributed by atoms with E-state index in [0.29, 0.717) is 28.6 Å². The Labute approximate surface area is 151 Å². The fourth-order valence-electron chi connectivity index (χ4n) is 2.31. The van der Waals surface area contributed by atoms with Crippen LogP contribution in [0.1, 0.15) is 28.8 Å². The second kappa shape index (κ2) is 9.08. The molecule has 2 rings (SSSR count). The van der Waals surface area contributed by atoms with Gasteiger partial charge >= 0.3 is 0 Å². The molecule has 0 saturated heterocycles. The largest absolute Gasteiger partial charge is 0.493 e. The van der Waals surface area contributed by atoms with E-state index in [2.05, 4.69) is 5.32 Å². The Bertz CT molecular complexity index is 761. The third kappa shape index (κ3) is 5.50. The highest BCUT2D eigenvalue weighted by Gasteiger charge is 2.10. The molecule has 0 aliphatic rings. The number of carbonyl (C=O) groups is 2. The second-order valence-electron chi connectivity index (χ2n) is 5.40. The van der Waals surface area contributed by atoms with Crippen LogP contribution in [0.5, 0.6) is 11.5 Å². The van der Waals surface area contributed by atoms with Crippen LogP contribution in [-0.2, 0) is 11.3 Å². The predicted molar refractivity (Wildman–Crippen MR) is 96.4 cm³/mol. The Morgan fingerprint density at radius 2 is 1.76 bits per heavy atom. The van der Waals surface area contributed by atoms with Crippen molar-refractivity contribution in [3.05, 3.63) is 58.6 Å². The molecule has 1 amide bonds. The van der Waals surface area contributed by atoms with Crippen molar-refractivity contribution in [2.45, 2.75) is 19.4 Å². The van der Waals surface area contributed by atoms with Crippen molar-refractivity contribution in [1.82, 2.24) is 5.32 Å². The lowest BCUT2D eigenvalue weighted by Crippen LogP contribution is -2.23. The highest BCUT2D eigenvalue weighted by Crippen LogP contribution is 2.27. The number of methoxy groups -OCH3 is 2. The van der Waals surface area contributed by atoms with E-state index in [1.54, 1.807) is 50.6 Å². The van der Waals surface area contributed by atoms with Crippen LogP contribution >= 0.6 is 11.6 Å². The molecule has 0 atom stereocenters. The summed E-state index contributed by atoms with van der Waals surface area (Å²) < 4.78 is 10.4. The molecule has 0 unspecified atom stereocenters. The van der Waals surface area contributed by atoms with Gasteiger partial charge < -0.3 is 14.8 Å². The Balaban J connectivity index is 1.83. The van der Waals surface area contributed by atoms with Crippen molar-refractivity contribution in [2.75, 3.05) is 14.2 Å². The maximum Gasteiger partial charge on any atom is 0.220 e. The Morgan fingerprint density at radius 1 is 1.00 bits per heavy atom. The average Bonchev–Trinajstić information content (AvgIpc) is 2.64. The first-order valence-electron chi connectivity index (χ1n) is 7.80. The monoisotopic (exact) mass is 361 g/mol. The van der Waals surface area contributed by atoms with E-state index in [-0.39, 0.29) is 24.5 Å². The van der Waals surface area contributed by atoms with Gasteiger partial charge in [-0.25, -0.2) is 0 Å². The number of nitrogens with one attached hydrogen (secondary N) is 1. The number of hydrogen-bond acceptors (Lipinski definition) is 4. The number of hydrogen-bond donors (Lipinski definition) is 1. The van der Waals surface area contributed by atoms with E-state index in [9.17, 15) is 9.59 Å². The molecule has 0 bridgehead atoms. The van der Waals surface area contributed by atoms with Crippen LogP contribution in [0.25, 0.3) is 0 Å². The first-order valence-corrected chi connectivity index (χ1v) is 8.17. The molecular formula is C19H20ClNO4. The van der Waals surface area contributed by atoms with Crippen molar-refractivity contribution in [3.63, 3.8) is 0 Å². The van der Waals surface area contributed by atoms with Crippen molar-refractivity contribution < 1.29 is 19.1 Å². The molecule has 132 valence electrons. The zero-order valence-corrected chi connectivity index (χ0v) is 14.9. The van der Waals surface area contributed by atoms with E-state index in [1.165, 1.54) is 0 Å². The fourth-order valence-corrected chi connectivity index (χ4v) is 2.50. The maximum atomic E-state index is 12.1. The zero-order valence-electron chi connectivity index (χ0n) is 14.2. The molecular weight excluding hydrogens is 342 g/mol. The molecule has 6 heteroatoms. The molecule has 1 N–H and O–H groups in total. The van der Waals surface area contributed by atoms with Gasteiger partial charge in [0, 0.05) is 30.0 Å². The molecule has 25 heavy (non-hydrogen) atoms. The van der Waals surface area contributed by atoms with Gasteiger partial charge in [-0.2, -0.15) is 0 Å². The van der Waals surface area contributed by atoms with Crippen LogP contribution in [0.2, 0.25) is 5.02 Å². The number of ether oxygens (including phenoxy) is 2. The molecule has 0 aromatic heterocycles. The summed E-state index contributed by atoms with van der Waals surface area (Å²) in [5, 5.41) is 3.30. The smallest absolute Gasteiger partial charge is 0.220 e. The summed E-state index contributed by atoms with van der Waals surface area (Å²) in [5.41, 5.74) is 1.40. The average molecular weight is 362 g/mol. The minimum atomic E-state index is -0.190. The van der Waals surface area contributed by atoms with Crippen LogP contribution in [0.3, 0.4) is 0 Å². The number of carbonyl (C=O) groups excluding carboxylic acids is 2. The molecule has 2 aromatic carbocycles. The van der Waals surface area contributed by atoms with Crippen LogP contribution in [0.15, 0.2) is 42.5 Å². The Kier molecular flexibility index (Phi) is 6.83. The van der Waals surface area contributed by atoms with E-state index in [1.807, 2.05) is 6.07 Å².